The summed E-state index contributed by atoms with van der Waals surface area (Å²) in [5.41, 5.74) is 0. The molecule has 2 atom stereocenters. The number of carbonyl (C=O) groups is 6. The fourth-order valence-electron chi connectivity index (χ4n) is 3.30. The number of carbonyl (C=O) groups excluding carboxylic acids is 6. The van der Waals surface area contributed by atoms with E-state index in [1.807, 2.05) is 6.92 Å². The average molecular weight is 470 g/mol. The monoisotopic (exact) mass is 470 g/mol. The Balaban J connectivity index is 1.41. The van der Waals surface area contributed by atoms with Gasteiger partial charge in [0.25, 0.3) is 11.8 Å². The van der Waals surface area contributed by atoms with Crippen LogP contribution in [-0.2, 0) is 33.5 Å². The summed E-state index contributed by atoms with van der Waals surface area (Å²) in [5.74, 6) is -1.97. The molecule has 2 aliphatic heterocycles. The third-order valence-electron chi connectivity index (χ3n) is 5.15. The molecule has 0 bridgehead atoms. The van der Waals surface area contributed by atoms with Crippen LogP contribution in [0.2, 0.25) is 0 Å². The number of imide groups is 1. The Labute approximate surface area is 190 Å². The van der Waals surface area contributed by atoms with Crippen LogP contribution in [0.25, 0.3) is 0 Å². The van der Waals surface area contributed by atoms with Crippen LogP contribution in [0.4, 0.5) is 9.59 Å². The van der Waals surface area contributed by atoms with E-state index in [4.69, 9.17) is 4.74 Å². The van der Waals surface area contributed by atoms with Gasteiger partial charge in [-0.05, 0) is 32.6 Å². The maximum Gasteiger partial charge on any atom is 0.536 e. The Hall–Kier alpha value is -3.38. The first-order chi connectivity index (χ1) is 15.8. The summed E-state index contributed by atoms with van der Waals surface area (Å²) in [6.07, 6.45) is 2.45. The Kier molecular flexibility index (Phi) is 10.4. The molecule has 0 radical (unpaired) electrons. The second kappa shape index (κ2) is 13.2. The first kappa shape index (κ1) is 25.9. The van der Waals surface area contributed by atoms with Crippen LogP contribution in [0.1, 0.15) is 64.7 Å². The lowest BCUT2D eigenvalue weighted by Crippen LogP contribution is -2.32. The average Bonchev–Trinajstić information content (AvgIpc) is 3.25. The lowest BCUT2D eigenvalue weighted by atomic mass is 10.0. The Bertz CT molecular complexity index is 742. The fourth-order valence-corrected chi connectivity index (χ4v) is 3.30. The number of hydrogen-bond donors (Lipinski definition) is 3. The molecule has 33 heavy (non-hydrogen) atoms. The predicted octanol–water partition coefficient (Wildman–Crippen LogP) is 0.621. The van der Waals surface area contributed by atoms with Gasteiger partial charge < -0.3 is 25.4 Å². The van der Waals surface area contributed by atoms with Crippen molar-refractivity contribution < 1.29 is 43.1 Å². The lowest BCUT2D eigenvalue weighted by Gasteiger charge is -2.13. The van der Waals surface area contributed by atoms with E-state index >= 15 is 0 Å². The Morgan fingerprint density at radius 3 is 2.33 bits per heavy atom. The smallest absolute Gasteiger partial charge is 0.428 e. The van der Waals surface area contributed by atoms with Crippen molar-refractivity contribution in [2.45, 2.75) is 76.8 Å². The summed E-state index contributed by atoms with van der Waals surface area (Å²) in [6, 6.07) is 0.0246. The van der Waals surface area contributed by atoms with Gasteiger partial charge in [0.1, 0.15) is 0 Å². The number of rotatable bonds is 13. The molecule has 3 N–H and O–H groups in total. The van der Waals surface area contributed by atoms with Gasteiger partial charge in [0.2, 0.25) is 12.7 Å². The molecule has 13 nitrogen and oxygen atoms in total. The molecular weight excluding hydrogens is 440 g/mol. The SMILES string of the molecule is CC1NC(=O)NC1CCCCC(=O)NCCCCC(=O)OCOC(=O)ON1C(=O)CCC1=O. The van der Waals surface area contributed by atoms with Gasteiger partial charge in [-0.25, -0.2) is 9.59 Å². The van der Waals surface area contributed by atoms with Crippen molar-refractivity contribution in [2.24, 2.45) is 0 Å². The molecule has 0 aliphatic carbocycles. The summed E-state index contributed by atoms with van der Waals surface area (Å²) >= 11 is 0. The molecule has 2 unspecified atom stereocenters. The van der Waals surface area contributed by atoms with Gasteiger partial charge in [0.05, 0.1) is 6.04 Å². The van der Waals surface area contributed by atoms with Gasteiger partial charge in [-0.15, -0.1) is 0 Å². The number of ether oxygens (including phenoxy) is 2. The van der Waals surface area contributed by atoms with Crippen LogP contribution in [0.5, 0.6) is 0 Å². The van der Waals surface area contributed by atoms with E-state index in [2.05, 4.69) is 25.5 Å². The van der Waals surface area contributed by atoms with Crippen LogP contribution >= 0.6 is 0 Å². The van der Waals surface area contributed by atoms with Crippen LogP contribution in [0.15, 0.2) is 0 Å². The van der Waals surface area contributed by atoms with Gasteiger partial charge in [-0.2, -0.15) is 0 Å². The van der Waals surface area contributed by atoms with Crippen molar-refractivity contribution in [1.82, 2.24) is 21.0 Å². The van der Waals surface area contributed by atoms with Crippen molar-refractivity contribution in [3.8, 4) is 0 Å². The first-order valence-corrected chi connectivity index (χ1v) is 11.0. The number of unbranched alkanes of at least 4 members (excludes halogenated alkanes) is 2. The Morgan fingerprint density at radius 2 is 1.67 bits per heavy atom. The number of nitrogens with one attached hydrogen (secondary N) is 3. The summed E-state index contributed by atoms with van der Waals surface area (Å²) in [5, 5.41) is 8.73. The zero-order chi connectivity index (χ0) is 24.2. The topological polar surface area (TPSA) is 169 Å². The van der Waals surface area contributed by atoms with Crippen LogP contribution in [-0.4, -0.2) is 66.4 Å². The van der Waals surface area contributed by atoms with Crippen LogP contribution in [0.3, 0.4) is 0 Å². The molecule has 0 aromatic heterocycles. The van der Waals surface area contributed by atoms with Crippen molar-refractivity contribution >= 4 is 35.9 Å². The minimum atomic E-state index is -1.33. The number of hydroxylamine groups is 2. The van der Waals surface area contributed by atoms with Crippen LogP contribution < -0.4 is 16.0 Å². The van der Waals surface area contributed by atoms with E-state index in [0.717, 1.165) is 19.3 Å². The summed E-state index contributed by atoms with van der Waals surface area (Å²) in [7, 11) is 0. The number of esters is 1. The van der Waals surface area contributed by atoms with E-state index in [1.54, 1.807) is 0 Å². The number of hydrogen-bond acceptors (Lipinski definition) is 9. The third kappa shape index (κ3) is 9.33. The zero-order valence-corrected chi connectivity index (χ0v) is 18.6. The maximum absolute atomic E-state index is 11.8. The maximum atomic E-state index is 11.8. The molecular formula is C20H30N4O9. The van der Waals surface area contributed by atoms with E-state index in [9.17, 15) is 28.8 Å². The van der Waals surface area contributed by atoms with Crippen molar-refractivity contribution in [1.29, 1.82) is 0 Å². The van der Waals surface area contributed by atoms with Crippen molar-refractivity contribution in [3.05, 3.63) is 0 Å². The highest BCUT2D eigenvalue weighted by Gasteiger charge is 2.33. The van der Waals surface area contributed by atoms with Gasteiger partial charge in [-0.1, -0.05) is 11.5 Å². The molecule has 2 aliphatic rings. The van der Waals surface area contributed by atoms with Crippen LogP contribution in [0, 0.1) is 0 Å². The van der Waals surface area contributed by atoms with Gasteiger partial charge in [-0.3, -0.25) is 24.0 Å². The summed E-state index contributed by atoms with van der Waals surface area (Å²) < 4.78 is 9.20. The van der Waals surface area contributed by atoms with Gasteiger partial charge in [0.15, 0.2) is 0 Å². The standard InChI is InChI=1S/C20H30N4O9/c1-13-14(23-19(29)22-13)6-2-3-7-15(25)21-11-5-4-8-18(28)31-12-32-20(30)33-24-16(26)9-10-17(24)27/h13-14H,2-12H2,1H3,(H,21,25)(H2,22,23,29). The lowest BCUT2D eigenvalue weighted by molar-refractivity contribution is -0.182. The highest BCUT2D eigenvalue weighted by atomic mass is 16.9. The molecule has 2 fully saturated rings. The molecule has 2 saturated heterocycles. The molecule has 184 valence electrons. The predicted molar refractivity (Wildman–Crippen MR) is 110 cm³/mol. The number of nitrogens with zero attached hydrogens (tertiary/aromatic N) is 1. The number of urea groups is 1. The molecule has 13 heteroatoms. The molecule has 5 amide bonds. The van der Waals surface area contributed by atoms with Gasteiger partial charge in [0, 0.05) is 38.3 Å². The third-order valence-corrected chi connectivity index (χ3v) is 5.15. The van der Waals surface area contributed by atoms with E-state index in [-0.39, 0.29) is 43.3 Å². The minimum absolute atomic E-state index is 0.0416. The molecule has 0 spiro atoms. The number of amides is 5. The second-order valence-electron chi connectivity index (χ2n) is 7.77. The highest BCUT2D eigenvalue weighted by Crippen LogP contribution is 2.13. The largest absolute Gasteiger partial charge is 0.536 e. The minimum Gasteiger partial charge on any atom is -0.428 e. The molecule has 0 aromatic carbocycles. The van der Waals surface area contributed by atoms with Gasteiger partial charge >= 0.3 is 18.2 Å². The first-order valence-electron chi connectivity index (χ1n) is 11.0. The fraction of sp³-hybridized carbons (Fsp3) is 0.700. The Morgan fingerprint density at radius 1 is 0.970 bits per heavy atom. The molecule has 0 aromatic rings. The highest BCUT2D eigenvalue weighted by molar-refractivity contribution is 6.01. The second-order valence-corrected chi connectivity index (χ2v) is 7.77. The van der Waals surface area contributed by atoms with E-state index < -0.39 is 30.7 Å². The zero-order valence-electron chi connectivity index (χ0n) is 18.6. The molecule has 2 heterocycles. The summed E-state index contributed by atoms with van der Waals surface area (Å²) in [6.45, 7) is 1.66. The van der Waals surface area contributed by atoms with Crippen molar-refractivity contribution in [3.63, 3.8) is 0 Å². The molecule has 2 rings (SSSR count). The van der Waals surface area contributed by atoms with Crippen molar-refractivity contribution in [2.75, 3.05) is 13.3 Å². The molecule has 0 saturated carbocycles. The summed E-state index contributed by atoms with van der Waals surface area (Å²) in [4.78, 5) is 73.1. The van der Waals surface area contributed by atoms with E-state index in [0.29, 0.717) is 30.9 Å². The van der Waals surface area contributed by atoms with E-state index in [1.165, 1.54) is 0 Å². The normalized spacial score (nSPS) is 19.7. The quantitative estimate of drug-likeness (QED) is 0.151.